The minimum atomic E-state index is 0.421. The van der Waals surface area contributed by atoms with Crippen molar-refractivity contribution in [3.8, 4) is 0 Å². The molecule has 0 radical (unpaired) electrons. The van der Waals surface area contributed by atoms with Crippen molar-refractivity contribution in [3.63, 3.8) is 0 Å². The maximum Gasteiger partial charge on any atom is 0.147 e. The van der Waals surface area contributed by atoms with Crippen LogP contribution in [-0.2, 0) is 6.54 Å². The average molecular weight is 220 g/mol. The Balaban J connectivity index is 1.93. The van der Waals surface area contributed by atoms with E-state index < -0.39 is 0 Å². The first-order valence-electron chi connectivity index (χ1n) is 6.37. The molecule has 0 bridgehead atoms. The van der Waals surface area contributed by atoms with E-state index in [0.29, 0.717) is 18.5 Å². The third-order valence-electron chi connectivity index (χ3n) is 4.20. The van der Waals surface area contributed by atoms with E-state index in [2.05, 4.69) is 28.6 Å². The van der Waals surface area contributed by atoms with Crippen LogP contribution in [-0.4, -0.2) is 14.8 Å². The van der Waals surface area contributed by atoms with E-state index >= 15 is 0 Å². The summed E-state index contributed by atoms with van der Waals surface area (Å²) in [6.07, 6.45) is 4.18. The molecule has 88 valence electrons. The van der Waals surface area contributed by atoms with Crippen LogP contribution in [0.3, 0.4) is 0 Å². The van der Waals surface area contributed by atoms with Crippen LogP contribution in [0, 0.1) is 11.8 Å². The second-order valence-corrected chi connectivity index (χ2v) is 5.43. The van der Waals surface area contributed by atoms with Gasteiger partial charge in [-0.25, -0.2) is 0 Å². The molecule has 2 atom stereocenters. The Morgan fingerprint density at radius 3 is 2.56 bits per heavy atom. The normalized spacial score (nSPS) is 32.1. The first-order valence-corrected chi connectivity index (χ1v) is 6.37. The molecule has 4 heteroatoms. The topological polar surface area (TPSA) is 56.7 Å². The fraction of sp³-hybridized carbons (Fsp3) is 0.833. The molecular formula is C12H20N4. The van der Waals surface area contributed by atoms with Crippen molar-refractivity contribution < 1.29 is 0 Å². The monoisotopic (exact) mass is 220 g/mol. The summed E-state index contributed by atoms with van der Waals surface area (Å²) in [5.41, 5.74) is 5.71. The summed E-state index contributed by atoms with van der Waals surface area (Å²) in [6, 6.07) is 0.421. The molecule has 4 nitrogen and oxygen atoms in total. The lowest BCUT2D eigenvalue weighted by Crippen LogP contribution is -2.13. The predicted octanol–water partition coefficient (Wildman–Crippen LogP) is 1.83. The standard InChI is InChI=1S/C12H20N4/c1-7(2)16-10(6-13)14-15-12(16)11-8-4-3-5-9(8)11/h7-9,11H,3-6,13H2,1-2H3. The van der Waals surface area contributed by atoms with Gasteiger partial charge in [0.15, 0.2) is 0 Å². The summed E-state index contributed by atoms with van der Waals surface area (Å²) in [4.78, 5) is 0. The molecule has 2 saturated carbocycles. The predicted molar refractivity (Wildman–Crippen MR) is 61.9 cm³/mol. The largest absolute Gasteiger partial charge is 0.324 e. The quantitative estimate of drug-likeness (QED) is 0.845. The van der Waals surface area contributed by atoms with Gasteiger partial charge in [0.05, 0.1) is 6.54 Å². The molecule has 0 aromatic carbocycles. The summed E-state index contributed by atoms with van der Waals surface area (Å²) >= 11 is 0. The zero-order valence-corrected chi connectivity index (χ0v) is 10.1. The number of hydrogen-bond donors (Lipinski definition) is 1. The van der Waals surface area contributed by atoms with Gasteiger partial charge in [-0.2, -0.15) is 0 Å². The minimum absolute atomic E-state index is 0.421. The van der Waals surface area contributed by atoms with Crippen molar-refractivity contribution >= 4 is 0 Å². The molecule has 16 heavy (non-hydrogen) atoms. The highest BCUT2D eigenvalue weighted by atomic mass is 15.3. The van der Waals surface area contributed by atoms with Gasteiger partial charge in [-0.1, -0.05) is 6.42 Å². The lowest BCUT2D eigenvalue weighted by atomic mass is 10.1. The minimum Gasteiger partial charge on any atom is -0.324 e. The smallest absolute Gasteiger partial charge is 0.147 e. The molecule has 0 saturated heterocycles. The van der Waals surface area contributed by atoms with Gasteiger partial charge in [0, 0.05) is 12.0 Å². The highest BCUT2D eigenvalue weighted by Gasteiger charge is 2.55. The Morgan fingerprint density at radius 1 is 1.31 bits per heavy atom. The van der Waals surface area contributed by atoms with Gasteiger partial charge >= 0.3 is 0 Å². The molecular weight excluding hydrogens is 200 g/mol. The van der Waals surface area contributed by atoms with Crippen molar-refractivity contribution in [2.45, 2.75) is 51.6 Å². The van der Waals surface area contributed by atoms with Crippen molar-refractivity contribution in [2.75, 3.05) is 0 Å². The second kappa shape index (κ2) is 3.55. The van der Waals surface area contributed by atoms with Gasteiger partial charge in [0.2, 0.25) is 0 Å². The summed E-state index contributed by atoms with van der Waals surface area (Å²) < 4.78 is 2.25. The molecule has 1 heterocycles. The second-order valence-electron chi connectivity index (χ2n) is 5.43. The molecule has 2 fully saturated rings. The van der Waals surface area contributed by atoms with Gasteiger partial charge in [-0.15, -0.1) is 10.2 Å². The number of rotatable bonds is 3. The molecule has 3 rings (SSSR count). The van der Waals surface area contributed by atoms with E-state index in [9.17, 15) is 0 Å². The van der Waals surface area contributed by atoms with Crippen LogP contribution in [0.1, 0.15) is 56.7 Å². The van der Waals surface area contributed by atoms with Gasteiger partial charge in [-0.3, -0.25) is 0 Å². The van der Waals surface area contributed by atoms with Crippen LogP contribution in [0.15, 0.2) is 0 Å². The number of hydrogen-bond acceptors (Lipinski definition) is 3. The van der Waals surface area contributed by atoms with E-state index in [0.717, 1.165) is 17.7 Å². The van der Waals surface area contributed by atoms with Crippen LogP contribution in [0.4, 0.5) is 0 Å². The zero-order valence-electron chi connectivity index (χ0n) is 10.1. The van der Waals surface area contributed by atoms with Crippen LogP contribution in [0.25, 0.3) is 0 Å². The van der Waals surface area contributed by atoms with Crippen LogP contribution in [0.2, 0.25) is 0 Å². The Morgan fingerprint density at radius 2 is 2.00 bits per heavy atom. The maximum absolute atomic E-state index is 5.71. The Kier molecular flexibility index (Phi) is 2.28. The van der Waals surface area contributed by atoms with E-state index in [1.54, 1.807) is 0 Å². The highest BCUT2D eigenvalue weighted by molar-refractivity contribution is 5.19. The lowest BCUT2D eigenvalue weighted by Gasteiger charge is -2.14. The van der Waals surface area contributed by atoms with Crippen LogP contribution < -0.4 is 5.73 Å². The van der Waals surface area contributed by atoms with Crippen molar-refractivity contribution in [1.29, 1.82) is 0 Å². The summed E-state index contributed by atoms with van der Waals surface area (Å²) in [7, 11) is 0. The SMILES string of the molecule is CC(C)n1c(CN)nnc1C1C2CCCC21. The fourth-order valence-electron chi connectivity index (χ4n) is 3.47. The van der Waals surface area contributed by atoms with Gasteiger partial charge in [0.1, 0.15) is 11.6 Å². The molecule has 2 N–H and O–H groups in total. The van der Waals surface area contributed by atoms with E-state index in [-0.39, 0.29) is 0 Å². The lowest BCUT2D eigenvalue weighted by molar-refractivity contribution is 0.525. The van der Waals surface area contributed by atoms with Crippen molar-refractivity contribution in [1.82, 2.24) is 14.8 Å². The van der Waals surface area contributed by atoms with Crippen LogP contribution in [0.5, 0.6) is 0 Å². The Labute approximate surface area is 96.2 Å². The third kappa shape index (κ3) is 1.32. The molecule has 2 aliphatic rings. The van der Waals surface area contributed by atoms with E-state index in [1.165, 1.54) is 25.1 Å². The van der Waals surface area contributed by atoms with E-state index in [1.807, 2.05) is 0 Å². The fourth-order valence-corrected chi connectivity index (χ4v) is 3.47. The third-order valence-corrected chi connectivity index (χ3v) is 4.20. The summed E-state index contributed by atoms with van der Waals surface area (Å²) in [5.74, 6) is 4.61. The molecule has 2 aliphatic carbocycles. The van der Waals surface area contributed by atoms with Gasteiger partial charge < -0.3 is 10.3 Å². The number of fused-ring (bicyclic) bond motifs is 1. The molecule has 0 spiro atoms. The molecule has 2 unspecified atom stereocenters. The first-order chi connectivity index (χ1) is 7.74. The number of nitrogens with zero attached hydrogens (tertiary/aromatic N) is 3. The molecule has 0 amide bonds. The Hall–Kier alpha value is -0.900. The highest BCUT2D eigenvalue weighted by Crippen LogP contribution is 2.62. The van der Waals surface area contributed by atoms with Crippen molar-refractivity contribution in [2.24, 2.45) is 17.6 Å². The first kappa shape index (κ1) is 10.3. The van der Waals surface area contributed by atoms with Crippen LogP contribution >= 0.6 is 0 Å². The summed E-state index contributed by atoms with van der Waals surface area (Å²) in [5, 5.41) is 8.62. The van der Waals surface area contributed by atoms with Crippen molar-refractivity contribution in [3.05, 3.63) is 11.6 Å². The molecule has 0 aliphatic heterocycles. The molecule has 1 aromatic heterocycles. The zero-order chi connectivity index (χ0) is 11.3. The maximum atomic E-state index is 5.71. The van der Waals surface area contributed by atoms with E-state index in [4.69, 9.17) is 5.73 Å². The number of nitrogens with two attached hydrogens (primary N) is 1. The summed E-state index contributed by atoms with van der Waals surface area (Å²) in [6.45, 7) is 4.86. The molecule has 1 aromatic rings. The van der Waals surface area contributed by atoms with Gasteiger partial charge in [0.25, 0.3) is 0 Å². The average Bonchev–Trinajstić information content (AvgIpc) is 2.73. The Bertz CT molecular complexity index is 386. The number of aromatic nitrogens is 3. The van der Waals surface area contributed by atoms with Gasteiger partial charge in [-0.05, 0) is 38.5 Å².